The first-order valence-electron chi connectivity index (χ1n) is 5.91. The van der Waals surface area contributed by atoms with Crippen molar-refractivity contribution < 1.29 is 19.4 Å². The quantitative estimate of drug-likeness (QED) is 0.875. The number of nitrogens with zero attached hydrogens (tertiary/aromatic N) is 1. The van der Waals surface area contributed by atoms with Gasteiger partial charge in [0, 0.05) is 17.1 Å². The second-order valence-corrected chi connectivity index (χ2v) is 4.42. The highest BCUT2D eigenvalue weighted by Gasteiger charge is 2.23. The van der Waals surface area contributed by atoms with Crippen molar-refractivity contribution in [1.29, 1.82) is 0 Å². The van der Waals surface area contributed by atoms with Crippen LogP contribution in [0.15, 0.2) is 30.5 Å². The number of cyclic esters (lactones) is 1. The lowest BCUT2D eigenvalue weighted by molar-refractivity contribution is 0.0699. The van der Waals surface area contributed by atoms with E-state index in [9.17, 15) is 9.59 Å². The van der Waals surface area contributed by atoms with Gasteiger partial charge >= 0.3 is 12.1 Å². The van der Waals surface area contributed by atoms with Crippen LogP contribution in [0, 0.1) is 0 Å². The van der Waals surface area contributed by atoms with Gasteiger partial charge in [-0.3, -0.25) is 0 Å². The lowest BCUT2D eigenvalue weighted by Gasteiger charge is -2.10. The molecule has 0 saturated carbocycles. The molecule has 0 bridgehead atoms. The van der Waals surface area contributed by atoms with Crippen LogP contribution in [0.1, 0.15) is 10.4 Å². The molecular weight excluding hydrogens is 248 g/mol. The second-order valence-electron chi connectivity index (χ2n) is 4.42. The summed E-state index contributed by atoms with van der Waals surface area (Å²) in [5, 5.41) is 12.4. The van der Waals surface area contributed by atoms with E-state index in [1.807, 2.05) is 16.8 Å². The summed E-state index contributed by atoms with van der Waals surface area (Å²) in [5.41, 5.74) is 1.10. The number of carbonyl (C=O) groups is 2. The van der Waals surface area contributed by atoms with Crippen LogP contribution in [0.3, 0.4) is 0 Å². The first kappa shape index (κ1) is 11.6. The molecule has 2 N–H and O–H groups in total. The Balaban J connectivity index is 1.95. The Kier molecular flexibility index (Phi) is 2.63. The van der Waals surface area contributed by atoms with E-state index >= 15 is 0 Å². The number of ether oxygens (including phenoxy) is 1. The van der Waals surface area contributed by atoms with E-state index in [1.165, 1.54) is 0 Å². The molecule has 1 atom stereocenters. The van der Waals surface area contributed by atoms with Gasteiger partial charge in [0.05, 0.1) is 18.7 Å². The molecule has 0 radical (unpaired) electrons. The Morgan fingerprint density at radius 1 is 1.47 bits per heavy atom. The number of amides is 1. The number of benzene rings is 1. The van der Waals surface area contributed by atoms with Gasteiger partial charge in [0.1, 0.15) is 6.10 Å². The van der Waals surface area contributed by atoms with Crippen molar-refractivity contribution in [2.24, 2.45) is 0 Å². The van der Waals surface area contributed by atoms with E-state index in [2.05, 4.69) is 5.32 Å². The zero-order valence-corrected chi connectivity index (χ0v) is 10.00. The SMILES string of the molecule is O=C1NCC(Cn2ccc3c(C(=O)O)cccc32)O1. The van der Waals surface area contributed by atoms with Gasteiger partial charge in [0.25, 0.3) is 0 Å². The van der Waals surface area contributed by atoms with E-state index in [1.54, 1.807) is 18.2 Å². The summed E-state index contributed by atoms with van der Waals surface area (Å²) in [4.78, 5) is 22.1. The van der Waals surface area contributed by atoms with Crippen molar-refractivity contribution in [3.05, 3.63) is 36.0 Å². The van der Waals surface area contributed by atoms with Crippen LogP contribution in [0.2, 0.25) is 0 Å². The molecule has 0 aliphatic carbocycles. The van der Waals surface area contributed by atoms with E-state index in [0.29, 0.717) is 18.5 Å². The minimum Gasteiger partial charge on any atom is -0.478 e. The van der Waals surface area contributed by atoms with E-state index < -0.39 is 12.1 Å². The molecule has 98 valence electrons. The van der Waals surface area contributed by atoms with Crippen LogP contribution >= 0.6 is 0 Å². The van der Waals surface area contributed by atoms with Crippen LogP contribution in [-0.4, -0.2) is 34.4 Å². The number of fused-ring (bicyclic) bond motifs is 1. The number of hydrogen-bond donors (Lipinski definition) is 2. The number of nitrogens with one attached hydrogen (secondary N) is 1. The average Bonchev–Trinajstić information content (AvgIpc) is 2.97. The molecule has 2 heterocycles. The molecule has 0 spiro atoms. The maximum Gasteiger partial charge on any atom is 0.407 e. The fraction of sp³-hybridized carbons (Fsp3) is 0.231. The molecule has 1 aromatic carbocycles. The molecule has 6 heteroatoms. The minimum atomic E-state index is -0.947. The van der Waals surface area contributed by atoms with Gasteiger partial charge in [0.2, 0.25) is 0 Å². The fourth-order valence-electron chi connectivity index (χ4n) is 2.32. The van der Waals surface area contributed by atoms with Gasteiger partial charge in [-0.2, -0.15) is 0 Å². The van der Waals surface area contributed by atoms with Gasteiger partial charge in [-0.25, -0.2) is 9.59 Å². The summed E-state index contributed by atoms with van der Waals surface area (Å²) < 4.78 is 6.97. The first-order chi connectivity index (χ1) is 9.15. The third-order valence-corrected chi connectivity index (χ3v) is 3.19. The number of carbonyl (C=O) groups excluding carboxylic acids is 1. The maximum absolute atomic E-state index is 11.1. The molecule has 1 amide bonds. The highest BCUT2D eigenvalue weighted by molar-refractivity contribution is 6.02. The van der Waals surface area contributed by atoms with Gasteiger partial charge in [-0.15, -0.1) is 0 Å². The summed E-state index contributed by atoms with van der Waals surface area (Å²) in [7, 11) is 0. The molecule has 1 unspecified atom stereocenters. The molecular formula is C13H12N2O4. The smallest absolute Gasteiger partial charge is 0.407 e. The first-order valence-corrected chi connectivity index (χ1v) is 5.91. The molecule has 3 rings (SSSR count). The van der Waals surface area contributed by atoms with Crippen molar-refractivity contribution in [3.63, 3.8) is 0 Å². The maximum atomic E-state index is 11.1. The normalized spacial score (nSPS) is 18.3. The predicted octanol–water partition coefficient (Wildman–Crippen LogP) is 1.45. The number of aromatic nitrogens is 1. The third-order valence-electron chi connectivity index (χ3n) is 3.19. The summed E-state index contributed by atoms with van der Waals surface area (Å²) in [5.74, 6) is -0.947. The summed E-state index contributed by atoms with van der Waals surface area (Å²) in [6.07, 6.45) is 1.17. The Hall–Kier alpha value is -2.50. The number of hydrogen-bond acceptors (Lipinski definition) is 3. The molecule has 19 heavy (non-hydrogen) atoms. The number of alkyl carbamates (subject to hydrolysis) is 1. The topological polar surface area (TPSA) is 80.6 Å². The summed E-state index contributed by atoms with van der Waals surface area (Å²) in [6, 6.07) is 6.91. The molecule has 1 aliphatic rings. The van der Waals surface area contributed by atoms with Gasteiger partial charge in [-0.1, -0.05) is 6.07 Å². The molecule has 1 aromatic heterocycles. The van der Waals surface area contributed by atoms with Crippen LogP contribution in [0.5, 0.6) is 0 Å². The van der Waals surface area contributed by atoms with Crippen LogP contribution in [0.4, 0.5) is 4.79 Å². The Morgan fingerprint density at radius 3 is 3.00 bits per heavy atom. The Labute approximate surface area is 108 Å². The van der Waals surface area contributed by atoms with Crippen molar-refractivity contribution in [2.75, 3.05) is 6.54 Å². The lowest BCUT2D eigenvalue weighted by atomic mass is 10.1. The fourth-order valence-corrected chi connectivity index (χ4v) is 2.32. The Morgan fingerprint density at radius 2 is 2.32 bits per heavy atom. The average molecular weight is 260 g/mol. The number of carboxylic acids is 1. The van der Waals surface area contributed by atoms with Crippen LogP contribution < -0.4 is 5.32 Å². The van der Waals surface area contributed by atoms with Gasteiger partial charge in [-0.05, 0) is 18.2 Å². The van der Waals surface area contributed by atoms with Gasteiger partial charge < -0.3 is 19.7 Å². The molecule has 1 aliphatic heterocycles. The van der Waals surface area contributed by atoms with Crippen molar-refractivity contribution in [2.45, 2.75) is 12.6 Å². The molecule has 2 aromatic rings. The van der Waals surface area contributed by atoms with E-state index in [-0.39, 0.29) is 11.7 Å². The highest BCUT2D eigenvalue weighted by atomic mass is 16.6. The number of rotatable bonds is 3. The molecule has 6 nitrogen and oxygen atoms in total. The standard InChI is InChI=1S/C13H12N2O4/c16-12(17)10-2-1-3-11-9(10)4-5-15(11)7-8-6-14-13(18)19-8/h1-5,8H,6-7H2,(H,14,18)(H,16,17). The minimum absolute atomic E-state index is 0.225. The van der Waals surface area contributed by atoms with Crippen molar-refractivity contribution in [1.82, 2.24) is 9.88 Å². The zero-order valence-electron chi connectivity index (χ0n) is 10.00. The molecule has 1 saturated heterocycles. The largest absolute Gasteiger partial charge is 0.478 e. The monoisotopic (exact) mass is 260 g/mol. The van der Waals surface area contributed by atoms with Crippen molar-refractivity contribution in [3.8, 4) is 0 Å². The zero-order chi connectivity index (χ0) is 13.4. The second kappa shape index (κ2) is 4.31. The number of aromatic carboxylic acids is 1. The predicted molar refractivity (Wildman–Crippen MR) is 67.2 cm³/mol. The van der Waals surface area contributed by atoms with Gasteiger partial charge in [0.15, 0.2) is 0 Å². The summed E-state index contributed by atoms with van der Waals surface area (Å²) >= 11 is 0. The number of carboxylic acid groups (broad SMARTS) is 1. The van der Waals surface area contributed by atoms with Crippen LogP contribution in [-0.2, 0) is 11.3 Å². The van der Waals surface area contributed by atoms with E-state index in [0.717, 1.165) is 5.52 Å². The third kappa shape index (κ3) is 2.01. The van der Waals surface area contributed by atoms with Crippen LogP contribution in [0.25, 0.3) is 10.9 Å². The van der Waals surface area contributed by atoms with Crippen molar-refractivity contribution >= 4 is 23.0 Å². The van der Waals surface area contributed by atoms with E-state index in [4.69, 9.17) is 9.84 Å². The Bertz CT molecular complexity index is 662. The molecule has 1 fully saturated rings. The summed E-state index contributed by atoms with van der Waals surface area (Å²) in [6.45, 7) is 0.975. The highest BCUT2D eigenvalue weighted by Crippen LogP contribution is 2.21. The lowest BCUT2D eigenvalue weighted by Crippen LogP contribution is -2.20.